The molecule has 0 fully saturated rings. The van der Waals surface area contributed by atoms with Crippen LogP contribution in [-0.4, -0.2) is 21.0 Å². The Bertz CT molecular complexity index is 608. The molecule has 0 unspecified atom stereocenters. The molecule has 0 saturated carbocycles. The van der Waals surface area contributed by atoms with Crippen molar-refractivity contribution in [1.29, 1.82) is 0 Å². The van der Waals surface area contributed by atoms with Crippen molar-refractivity contribution in [3.05, 3.63) is 23.8 Å². The summed E-state index contributed by atoms with van der Waals surface area (Å²) in [6.07, 6.45) is -2.68. The van der Waals surface area contributed by atoms with Crippen LogP contribution in [0, 0.1) is 0 Å². The lowest BCUT2D eigenvalue weighted by molar-refractivity contribution is -0.137. The van der Waals surface area contributed by atoms with Gasteiger partial charge in [0.2, 0.25) is 11.1 Å². The van der Waals surface area contributed by atoms with E-state index < -0.39 is 11.7 Å². The normalized spacial score (nSPS) is 11.8. The van der Waals surface area contributed by atoms with Crippen LogP contribution in [0.15, 0.2) is 23.4 Å². The standard InChI is InChI=1S/C10H10F3N5S/c1-19-9-16-8(15)18(17-9)7-3-2-5(4-6(7)14)10(11,12)13/h2-4H,14H2,1H3,(H2,15,16,17). The summed E-state index contributed by atoms with van der Waals surface area (Å²) in [6, 6.07) is 2.98. The van der Waals surface area contributed by atoms with Crippen LogP contribution in [0.3, 0.4) is 0 Å². The number of alkyl halides is 3. The molecule has 5 nitrogen and oxygen atoms in total. The molecule has 2 rings (SSSR count). The molecule has 0 radical (unpaired) electrons. The Kier molecular flexibility index (Phi) is 3.31. The first-order valence-corrected chi connectivity index (χ1v) is 6.29. The van der Waals surface area contributed by atoms with Gasteiger partial charge in [-0.25, -0.2) is 0 Å². The molecule has 0 saturated heterocycles. The summed E-state index contributed by atoms with van der Waals surface area (Å²) in [7, 11) is 0. The lowest BCUT2D eigenvalue weighted by Crippen LogP contribution is -2.09. The van der Waals surface area contributed by atoms with Crippen LogP contribution in [-0.2, 0) is 6.18 Å². The molecule has 0 aliphatic rings. The molecule has 102 valence electrons. The van der Waals surface area contributed by atoms with Crippen molar-refractivity contribution in [3.8, 4) is 5.69 Å². The van der Waals surface area contributed by atoms with Crippen molar-refractivity contribution >= 4 is 23.4 Å². The van der Waals surface area contributed by atoms with Gasteiger partial charge in [0.1, 0.15) is 0 Å². The van der Waals surface area contributed by atoms with Crippen molar-refractivity contribution < 1.29 is 13.2 Å². The fourth-order valence-corrected chi connectivity index (χ4v) is 1.84. The van der Waals surface area contributed by atoms with E-state index in [0.29, 0.717) is 5.16 Å². The Morgan fingerprint density at radius 1 is 1.26 bits per heavy atom. The van der Waals surface area contributed by atoms with Gasteiger partial charge < -0.3 is 11.5 Å². The molecule has 1 aromatic heterocycles. The third-order valence-corrected chi connectivity index (χ3v) is 2.92. The minimum absolute atomic E-state index is 0.0656. The van der Waals surface area contributed by atoms with Gasteiger partial charge in [-0.2, -0.15) is 22.8 Å². The predicted octanol–water partition coefficient (Wildman–Crippen LogP) is 2.17. The Labute approximate surface area is 110 Å². The summed E-state index contributed by atoms with van der Waals surface area (Å²) >= 11 is 1.27. The first kappa shape index (κ1) is 13.5. The lowest BCUT2D eigenvalue weighted by atomic mass is 10.1. The SMILES string of the molecule is CSc1nc(N)n(-c2ccc(C(F)(F)F)cc2N)n1. The highest BCUT2D eigenvalue weighted by Crippen LogP contribution is 2.32. The van der Waals surface area contributed by atoms with E-state index in [1.54, 1.807) is 6.26 Å². The predicted molar refractivity (Wildman–Crippen MR) is 67.0 cm³/mol. The molecule has 0 atom stereocenters. The van der Waals surface area contributed by atoms with Crippen molar-refractivity contribution in [2.24, 2.45) is 0 Å². The smallest absolute Gasteiger partial charge is 0.397 e. The van der Waals surface area contributed by atoms with Gasteiger partial charge in [-0.05, 0) is 24.5 Å². The molecular formula is C10H10F3N5S. The monoisotopic (exact) mass is 289 g/mol. The number of hydrogen-bond donors (Lipinski definition) is 2. The quantitative estimate of drug-likeness (QED) is 0.654. The van der Waals surface area contributed by atoms with Gasteiger partial charge in [-0.15, -0.1) is 5.10 Å². The van der Waals surface area contributed by atoms with Crippen LogP contribution in [0.2, 0.25) is 0 Å². The van der Waals surface area contributed by atoms with Crippen molar-refractivity contribution in [2.75, 3.05) is 17.7 Å². The van der Waals surface area contributed by atoms with Gasteiger partial charge in [0.05, 0.1) is 16.9 Å². The molecule has 1 heterocycles. The molecule has 0 spiro atoms. The number of nitrogens with zero attached hydrogens (tertiary/aromatic N) is 3. The van der Waals surface area contributed by atoms with E-state index in [0.717, 1.165) is 12.1 Å². The van der Waals surface area contributed by atoms with Crippen molar-refractivity contribution in [2.45, 2.75) is 11.3 Å². The minimum atomic E-state index is -4.44. The molecular weight excluding hydrogens is 279 g/mol. The fourth-order valence-electron chi connectivity index (χ4n) is 1.49. The summed E-state index contributed by atoms with van der Waals surface area (Å²) in [4.78, 5) is 3.93. The Morgan fingerprint density at radius 3 is 2.42 bits per heavy atom. The number of nitrogens with two attached hydrogens (primary N) is 2. The molecule has 1 aromatic carbocycles. The van der Waals surface area contributed by atoms with Crippen LogP contribution in [0.1, 0.15) is 5.56 Å². The zero-order chi connectivity index (χ0) is 14.2. The van der Waals surface area contributed by atoms with Crippen LogP contribution >= 0.6 is 11.8 Å². The van der Waals surface area contributed by atoms with Crippen LogP contribution in [0.25, 0.3) is 5.69 Å². The molecule has 2 aromatic rings. The second-order valence-electron chi connectivity index (χ2n) is 3.64. The highest BCUT2D eigenvalue weighted by atomic mass is 32.2. The van der Waals surface area contributed by atoms with E-state index in [1.807, 2.05) is 0 Å². The number of nitrogen functional groups attached to an aromatic ring is 2. The van der Waals surface area contributed by atoms with E-state index in [-0.39, 0.29) is 17.3 Å². The largest absolute Gasteiger partial charge is 0.416 e. The van der Waals surface area contributed by atoms with Crippen LogP contribution < -0.4 is 11.5 Å². The highest BCUT2D eigenvalue weighted by molar-refractivity contribution is 7.98. The highest BCUT2D eigenvalue weighted by Gasteiger charge is 2.31. The third kappa shape index (κ3) is 2.60. The summed E-state index contributed by atoms with van der Waals surface area (Å²) in [5.41, 5.74) is 10.6. The van der Waals surface area contributed by atoms with E-state index >= 15 is 0 Å². The first-order valence-electron chi connectivity index (χ1n) is 5.06. The van der Waals surface area contributed by atoms with Crippen LogP contribution in [0.4, 0.5) is 24.8 Å². The fraction of sp³-hybridized carbons (Fsp3) is 0.200. The summed E-state index contributed by atoms with van der Waals surface area (Å²) in [5, 5.41) is 4.45. The number of benzene rings is 1. The average Bonchev–Trinajstić information content (AvgIpc) is 2.69. The van der Waals surface area contributed by atoms with Crippen molar-refractivity contribution in [3.63, 3.8) is 0 Å². The van der Waals surface area contributed by atoms with Crippen LogP contribution in [0.5, 0.6) is 0 Å². The maximum absolute atomic E-state index is 12.5. The molecule has 0 aliphatic heterocycles. The van der Waals surface area contributed by atoms with E-state index in [4.69, 9.17) is 11.5 Å². The van der Waals surface area contributed by atoms with Gasteiger partial charge in [0.15, 0.2) is 0 Å². The average molecular weight is 289 g/mol. The number of anilines is 2. The van der Waals surface area contributed by atoms with Gasteiger partial charge in [0, 0.05) is 0 Å². The Morgan fingerprint density at radius 2 is 1.95 bits per heavy atom. The molecule has 0 aliphatic carbocycles. The maximum Gasteiger partial charge on any atom is 0.416 e. The molecule has 19 heavy (non-hydrogen) atoms. The number of thioether (sulfide) groups is 1. The second-order valence-corrected chi connectivity index (χ2v) is 4.41. The first-order chi connectivity index (χ1) is 8.82. The number of aromatic nitrogens is 3. The van der Waals surface area contributed by atoms with E-state index in [2.05, 4.69) is 10.1 Å². The van der Waals surface area contributed by atoms with Gasteiger partial charge in [-0.1, -0.05) is 11.8 Å². The molecule has 9 heteroatoms. The minimum Gasteiger partial charge on any atom is -0.397 e. The summed E-state index contributed by atoms with van der Waals surface area (Å²) < 4.78 is 38.8. The number of halogens is 3. The second kappa shape index (κ2) is 4.65. The summed E-state index contributed by atoms with van der Waals surface area (Å²) in [5.74, 6) is 0.0656. The lowest BCUT2D eigenvalue weighted by Gasteiger charge is -2.11. The van der Waals surface area contributed by atoms with E-state index in [1.165, 1.54) is 22.5 Å². The number of rotatable bonds is 2. The maximum atomic E-state index is 12.5. The van der Waals surface area contributed by atoms with Gasteiger partial charge in [-0.3, -0.25) is 0 Å². The van der Waals surface area contributed by atoms with Gasteiger partial charge >= 0.3 is 6.18 Å². The Hall–Kier alpha value is -1.90. The van der Waals surface area contributed by atoms with Crippen molar-refractivity contribution in [1.82, 2.24) is 14.8 Å². The third-order valence-electron chi connectivity index (χ3n) is 2.38. The number of hydrogen-bond acceptors (Lipinski definition) is 5. The molecule has 0 bridgehead atoms. The topological polar surface area (TPSA) is 82.8 Å². The van der Waals surface area contributed by atoms with E-state index in [9.17, 15) is 13.2 Å². The Balaban J connectivity index is 2.49. The molecule has 0 amide bonds. The summed E-state index contributed by atoms with van der Waals surface area (Å²) in [6.45, 7) is 0. The van der Waals surface area contributed by atoms with Gasteiger partial charge in [0.25, 0.3) is 0 Å². The zero-order valence-electron chi connectivity index (χ0n) is 9.77. The zero-order valence-corrected chi connectivity index (χ0v) is 10.6. The molecule has 4 N–H and O–H groups in total.